The highest BCUT2D eigenvalue weighted by atomic mass is 15.3. The van der Waals surface area contributed by atoms with Crippen molar-refractivity contribution in [3.8, 4) is 0 Å². The maximum absolute atomic E-state index is 4.13. The number of nitrogens with zero attached hydrogens (tertiary/aromatic N) is 3. The predicted molar refractivity (Wildman–Crippen MR) is 82.8 cm³/mol. The molecule has 4 heteroatoms. The minimum Gasteiger partial charge on any atom is -0.385 e. The Balaban J connectivity index is 1.75. The molecule has 0 aliphatic rings. The van der Waals surface area contributed by atoms with E-state index in [0.29, 0.717) is 0 Å². The molecule has 108 valence electrons. The summed E-state index contributed by atoms with van der Waals surface area (Å²) in [6.45, 7) is 4.07. The van der Waals surface area contributed by atoms with Crippen LogP contribution in [0.2, 0.25) is 0 Å². The molecule has 0 aliphatic heterocycles. The number of hydrogen-bond acceptors (Lipinski definition) is 3. The Kier molecular flexibility index (Phi) is 6.08. The van der Waals surface area contributed by atoms with Crippen molar-refractivity contribution < 1.29 is 0 Å². The summed E-state index contributed by atoms with van der Waals surface area (Å²) in [5.74, 6) is 0. The van der Waals surface area contributed by atoms with Crippen LogP contribution in [0.5, 0.6) is 0 Å². The first-order chi connectivity index (χ1) is 9.88. The van der Waals surface area contributed by atoms with Crippen LogP contribution in [-0.4, -0.2) is 21.3 Å². The van der Waals surface area contributed by atoms with Crippen LogP contribution in [0.3, 0.4) is 0 Å². The van der Waals surface area contributed by atoms with E-state index in [2.05, 4.69) is 46.6 Å². The van der Waals surface area contributed by atoms with Crippen LogP contribution in [0, 0.1) is 0 Å². The summed E-state index contributed by atoms with van der Waals surface area (Å²) in [6, 6.07) is 8.52. The summed E-state index contributed by atoms with van der Waals surface area (Å²) in [5, 5.41) is 7.63. The molecule has 0 atom stereocenters. The monoisotopic (exact) mass is 272 g/mol. The summed E-state index contributed by atoms with van der Waals surface area (Å²) < 4.78 is 1.84. The second-order valence-corrected chi connectivity index (χ2v) is 5.13. The van der Waals surface area contributed by atoms with Crippen LogP contribution in [0.4, 0.5) is 5.69 Å². The molecule has 0 radical (unpaired) electrons. The molecule has 1 aromatic heterocycles. The van der Waals surface area contributed by atoms with Gasteiger partial charge in [0.25, 0.3) is 0 Å². The molecule has 0 amide bonds. The van der Waals surface area contributed by atoms with Crippen molar-refractivity contribution >= 4 is 5.69 Å². The Morgan fingerprint density at radius 2 is 2.05 bits per heavy atom. The van der Waals surface area contributed by atoms with Crippen LogP contribution in [0.15, 0.2) is 36.9 Å². The number of nitrogens with one attached hydrogen (secondary N) is 1. The van der Waals surface area contributed by atoms with Gasteiger partial charge in [0.15, 0.2) is 0 Å². The van der Waals surface area contributed by atoms with Crippen LogP contribution in [-0.2, 0) is 6.54 Å². The van der Waals surface area contributed by atoms with Gasteiger partial charge in [0.2, 0.25) is 0 Å². The average molecular weight is 272 g/mol. The number of anilines is 1. The first-order valence-electron chi connectivity index (χ1n) is 7.53. The van der Waals surface area contributed by atoms with Crippen molar-refractivity contribution in [2.24, 2.45) is 0 Å². The lowest BCUT2D eigenvalue weighted by molar-refractivity contribution is 0.645. The summed E-state index contributed by atoms with van der Waals surface area (Å²) >= 11 is 0. The van der Waals surface area contributed by atoms with E-state index >= 15 is 0 Å². The summed E-state index contributed by atoms with van der Waals surface area (Å²) in [7, 11) is 0. The van der Waals surface area contributed by atoms with Gasteiger partial charge >= 0.3 is 0 Å². The van der Waals surface area contributed by atoms with Crippen LogP contribution in [0.25, 0.3) is 0 Å². The zero-order valence-corrected chi connectivity index (χ0v) is 12.3. The van der Waals surface area contributed by atoms with Gasteiger partial charge in [-0.15, -0.1) is 0 Å². The molecule has 1 aromatic carbocycles. The first-order valence-corrected chi connectivity index (χ1v) is 7.53. The van der Waals surface area contributed by atoms with Gasteiger partial charge in [0.1, 0.15) is 12.7 Å². The van der Waals surface area contributed by atoms with Crippen molar-refractivity contribution in [2.45, 2.75) is 45.6 Å². The summed E-state index contributed by atoms with van der Waals surface area (Å²) in [4.78, 5) is 3.96. The molecule has 0 saturated heterocycles. The fourth-order valence-electron chi connectivity index (χ4n) is 2.24. The summed E-state index contributed by atoms with van der Waals surface area (Å²) in [6.07, 6.45) is 9.88. The molecule has 0 fully saturated rings. The molecule has 1 N–H and O–H groups in total. The molecule has 0 saturated carbocycles. The molecule has 4 nitrogen and oxygen atoms in total. The average Bonchev–Trinajstić information content (AvgIpc) is 2.96. The molecule has 0 spiro atoms. The topological polar surface area (TPSA) is 42.7 Å². The van der Waals surface area contributed by atoms with Crippen molar-refractivity contribution in [3.05, 3.63) is 42.5 Å². The normalized spacial score (nSPS) is 10.7. The van der Waals surface area contributed by atoms with E-state index in [1.54, 1.807) is 12.7 Å². The van der Waals surface area contributed by atoms with Crippen LogP contribution in [0.1, 0.15) is 44.6 Å². The Hall–Kier alpha value is -1.84. The number of hydrogen-bond donors (Lipinski definition) is 1. The SMILES string of the molecule is CCCCCCCNc1cccc(Cn2cncn2)c1. The summed E-state index contributed by atoms with van der Waals surface area (Å²) in [5.41, 5.74) is 2.43. The zero-order valence-electron chi connectivity index (χ0n) is 12.3. The number of aromatic nitrogens is 3. The van der Waals surface area contributed by atoms with E-state index in [4.69, 9.17) is 0 Å². The van der Waals surface area contributed by atoms with Gasteiger partial charge in [-0.3, -0.25) is 0 Å². The Morgan fingerprint density at radius 3 is 2.85 bits per heavy atom. The quantitative estimate of drug-likeness (QED) is 0.708. The van der Waals surface area contributed by atoms with E-state index in [1.807, 2.05) is 4.68 Å². The predicted octanol–water partition coefficient (Wildman–Crippen LogP) is 3.71. The standard InChI is InChI=1S/C16H24N4/c1-2-3-4-5-6-10-18-16-9-7-8-15(11-16)12-20-14-17-13-19-20/h7-9,11,13-14,18H,2-6,10,12H2,1H3. The number of benzene rings is 1. The van der Waals surface area contributed by atoms with E-state index in [9.17, 15) is 0 Å². The largest absolute Gasteiger partial charge is 0.385 e. The third-order valence-corrected chi connectivity index (χ3v) is 3.35. The maximum atomic E-state index is 4.13. The minimum absolute atomic E-state index is 0.770. The lowest BCUT2D eigenvalue weighted by Gasteiger charge is -2.08. The van der Waals surface area contributed by atoms with Crippen molar-refractivity contribution in [2.75, 3.05) is 11.9 Å². The molecular weight excluding hydrogens is 248 g/mol. The lowest BCUT2D eigenvalue weighted by atomic mass is 10.1. The number of rotatable bonds is 9. The smallest absolute Gasteiger partial charge is 0.137 e. The Labute approximate surface area is 121 Å². The molecule has 2 rings (SSSR count). The third-order valence-electron chi connectivity index (χ3n) is 3.35. The Morgan fingerprint density at radius 1 is 1.15 bits per heavy atom. The fourth-order valence-corrected chi connectivity index (χ4v) is 2.24. The molecule has 20 heavy (non-hydrogen) atoms. The molecule has 0 bridgehead atoms. The van der Waals surface area contributed by atoms with Crippen LogP contribution >= 0.6 is 0 Å². The van der Waals surface area contributed by atoms with Crippen molar-refractivity contribution in [1.29, 1.82) is 0 Å². The zero-order chi connectivity index (χ0) is 14.0. The first kappa shape index (κ1) is 14.6. The minimum atomic E-state index is 0.770. The molecular formula is C16H24N4. The fraction of sp³-hybridized carbons (Fsp3) is 0.500. The van der Waals surface area contributed by atoms with E-state index in [0.717, 1.165) is 13.1 Å². The molecule has 0 aliphatic carbocycles. The van der Waals surface area contributed by atoms with Gasteiger partial charge in [-0.1, -0.05) is 44.7 Å². The van der Waals surface area contributed by atoms with Crippen molar-refractivity contribution in [3.63, 3.8) is 0 Å². The highest BCUT2D eigenvalue weighted by Crippen LogP contribution is 2.12. The second kappa shape index (κ2) is 8.35. The van der Waals surface area contributed by atoms with Gasteiger partial charge in [-0.05, 0) is 24.1 Å². The number of unbranched alkanes of at least 4 members (excludes halogenated alkanes) is 4. The van der Waals surface area contributed by atoms with E-state index in [-0.39, 0.29) is 0 Å². The van der Waals surface area contributed by atoms with Crippen molar-refractivity contribution in [1.82, 2.24) is 14.8 Å². The van der Waals surface area contributed by atoms with Gasteiger partial charge < -0.3 is 5.32 Å². The highest BCUT2D eigenvalue weighted by molar-refractivity contribution is 5.45. The van der Waals surface area contributed by atoms with Gasteiger partial charge in [-0.2, -0.15) is 5.10 Å². The van der Waals surface area contributed by atoms with Gasteiger partial charge in [0.05, 0.1) is 6.54 Å². The molecule has 2 aromatic rings. The van der Waals surface area contributed by atoms with E-state index < -0.39 is 0 Å². The highest BCUT2D eigenvalue weighted by Gasteiger charge is 1.98. The molecule has 1 heterocycles. The Bertz CT molecular complexity index is 479. The molecule has 0 unspecified atom stereocenters. The van der Waals surface area contributed by atoms with Gasteiger partial charge in [0, 0.05) is 12.2 Å². The lowest BCUT2D eigenvalue weighted by Crippen LogP contribution is -2.03. The maximum Gasteiger partial charge on any atom is 0.137 e. The third kappa shape index (κ3) is 5.03. The van der Waals surface area contributed by atoms with Crippen LogP contribution < -0.4 is 5.32 Å². The van der Waals surface area contributed by atoms with E-state index in [1.165, 1.54) is 43.4 Å². The van der Waals surface area contributed by atoms with Gasteiger partial charge in [-0.25, -0.2) is 9.67 Å². The second-order valence-electron chi connectivity index (χ2n) is 5.13.